The second kappa shape index (κ2) is 8.90. The van der Waals surface area contributed by atoms with Gasteiger partial charge in [0.1, 0.15) is 11.8 Å². The van der Waals surface area contributed by atoms with Crippen LogP contribution in [0.25, 0.3) is 0 Å². The molecule has 1 unspecified atom stereocenters. The fourth-order valence-corrected chi connectivity index (χ4v) is 2.56. The summed E-state index contributed by atoms with van der Waals surface area (Å²) < 4.78 is 0. The summed E-state index contributed by atoms with van der Waals surface area (Å²) in [4.78, 5) is 26.9. The summed E-state index contributed by atoms with van der Waals surface area (Å²) in [5, 5.41) is 11.3. The van der Waals surface area contributed by atoms with E-state index in [4.69, 9.17) is 5.73 Å². The number of rotatable bonds is 7. The molecule has 0 saturated carbocycles. The van der Waals surface area contributed by atoms with Crippen molar-refractivity contribution < 1.29 is 14.7 Å². The van der Waals surface area contributed by atoms with Crippen LogP contribution in [0, 0.1) is 0 Å². The first-order chi connectivity index (χ1) is 9.56. The number of nitrogens with zero attached hydrogens (tertiary/aromatic N) is 1. The molecule has 2 amide bonds. The number of carbonyl (C=O) groups is 2. The van der Waals surface area contributed by atoms with Crippen LogP contribution < -0.4 is 16.6 Å². The van der Waals surface area contributed by atoms with Crippen LogP contribution in [0.5, 0.6) is 0 Å². The number of aromatic nitrogens is 1. The molecule has 7 nitrogen and oxygen atoms in total. The highest BCUT2D eigenvalue weighted by molar-refractivity contribution is 7.99. The monoisotopic (exact) mass is 318 g/mol. The number of amides is 2. The van der Waals surface area contributed by atoms with Gasteiger partial charge in [0, 0.05) is 11.4 Å². The van der Waals surface area contributed by atoms with E-state index in [9.17, 15) is 14.7 Å². The lowest BCUT2D eigenvalue weighted by molar-refractivity contribution is -0.131. The molecule has 0 bridgehead atoms. The summed E-state index contributed by atoms with van der Waals surface area (Å²) >= 11 is 2.95. The van der Waals surface area contributed by atoms with Gasteiger partial charge in [0.25, 0.3) is 11.8 Å². The number of hydrogen-bond acceptors (Lipinski definition) is 7. The molecule has 0 saturated heterocycles. The average Bonchev–Trinajstić information content (AvgIpc) is 2.97. The Labute approximate surface area is 125 Å². The van der Waals surface area contributed by atoms with Gasteiger partial charge in [0.15, 0.2) is 0 Å². The summed E-state index contributed by atoms with van der Waals surface area (Å²) in [6.45, 7) is 2.02. The lowest BCUT2D eigenvalue weighted by Gasteiger charge is -2.18. The number of thiazole rings is 1. The molecule has 112 valence electrons. The van der Waals surface area contributed by atoms with Gasteiger partial charge in [-0.15, -0.1) is 11.3 Å². The minimum atomic E-state index is -1.36. The van der Waals surface area contributed by atoms with Crippen LogP contribution in [0.3, 0.4) is 0 Å². The zero-order valence-corrected chi connectivity index (χ0v) is 12.7. The van der Waals surface area contributed by atoms with Crippen molar-refractivity contribution in [3.63, 3.8) is 0 Å². The van der Waals surface area contributed by atoms with Gasteiger partial charge in [-0.25, -0.2) is 4.98 Å². The topological polar surface area (TPSA) is 117 Å². The molecule has 1 aromatic heterocycles. The first kappa shape index (κ1) is 16.9. The van der Waals surface area contributed by atoms with Gasteiger partial charge in [0.2, 0.25) is 0 Å². The fraction of sp³-hybridized carbons (Fsp3) is 0.545. The van der Waals surface area contributed by atoms with Crippen molar-refractivity contribution >= 4 is 34.9 Å². The molecule has 1 aromatic rings. The Kier molecular flexibility index (Phi) is 7.52. The molecule has 0 aliphatic carbocycles. The number of nitrogens with two attached hydrogens (primary N) is 1. The predicted octanol–water partition coefficient (Wildman–Crippen LogP) is -0.264. The van der Waals surface area contributed by atoms with Crippen LogP contribution in [0.4, 0.5) is 0 Å². The number of hydrogen-bond donors (Lipinski definition) is 4. The summed E-state index contributed by atoms with van der Waals surface area (Å²) in [6, 6.07) is -0.662. The summed E-state index contributed by atoms with van der Waals surface area (Å²) in [6.07, 6.45) is -0.837. The van der Waals surface area contributed by atoms with E-state index in [2.05, 4.69) is 15.8 Å². The van der Waals surface area contributed by atoms with Gasteiger partial charge in [-0.3, -0.25) is 20.4 Å². The third-order valence-corrected chi connectivity index (χ3v) is 3.96. The van der Waals surface area contributed by atoms with E-state index in [-0.39, 0.29) is 5.69 Å². The van der Waals surface area contributed by atoms with Crippen molar-refractivity contribution in [2.24, 2.45) is 5.73 Å². The number of thioether (sulfide) groups is 1. The van der Waals surface area contributed by atoms with Crippen LogP contribution in [-0.4, -0.2) is 45.6 Å². The van der Waals surface area contributed by atoms with Crippen molar-refractivity contribution in [1.29, 1.82) is 0 Å². The van der Waals surface area contributed by atoms with Gasteiger partial charge in [-0.05, 0) is 17.9 Å². The predicted molar refractivity (Wildman–Crippen MR) is 79.3 cm³/mol. The molecule has 2 atom stereocenters. The number of aliphatic hydroxyl groups is 1. The van der Waals surface area contributed by atoms with Gasteiger partial charge >= 0.3 is 0 Å². The van der Waals surface area contributed by atoms with E-state index >= 15 is 0 Å². The lowest BCUT2D eigenvalue weighted by atomic mass is 10.1. The Morgan fingerprint density at radius 1 is 1.55 bits per heavy atom. The molecule has 0 spiro atoms. The van der Waals surface area contributed by atoms with Crippen LogP contribution in [-0.2, 0) is 4.79 Å². The normalized spacial score (nSPS) is 13.6. The smallest absolute Gasteiger partial charge is 0.289 e. The number of carbonyl (C=O) groups excluding carboxylic acids is 2. The molecular weight excluding hydrogens is 300 g/mol. The average molecular weight is 318 g/mol. The highest BCUT2D eigenvalue weighted by Crippen LogP contribution is 2.05. The van der Waals surface area contributed by atoms with Crippen LogP contribution in [0.2, 0.25) is 0 Å². The van der Waals surface area contributed by atoms with Crippen molar-refractivity contribution in [2.75, 3.05) is 11.5 Å². The zero-order chi connectivity index (χ0) is 15.0. The molecule has 9 heteroatoms. The molecule has 0 radical (unpaired) electrons. The zero-order valence-electron chi connectivity index (χ0n) is 11.0. The maximum atomic E-state index is 11.6. The second-order valence-corrected chi connectivity index (χ2v) is 6.02. The maximum absolute atomic E-state index is 11.6. The minimum absolute atomic E-state index is 0.202. The molecule has 1 heterocycles. The quantitative estimate of drug-likeness (QED) is 0.406. The molecular formula is C11H18N4O3S2. The van der Waals surface area contributed by atoms with E-state index in [1.807, 2.05) is 6.92 Å². The van der Waals surface area contributed by atoms with Gasteiger partial charge in [-0.1, -0.05) is 6.92 Å². The van der Waals surface area contributed by atoms with Crippen LogP contribution in [0.1, 0.15) is 23.8 Å². The maximum Gasteiger partial charge on any atom is 0.289 e. The van der Waals surface area contributed by atoms with Crippen LogP contribution in [0.15, 0.2) is 10.9 Å². The second-order valence-electron chi connectivity index (χ2n) is 3.91. The van der Waals surface area contributed by atoms with Gasteiger partial charge in [-0.2, -0.15) is 11.8 Å². The first-order valence-corrected chi connectivity index (χ1v) is 8.15. The third-order valence-electron chi connectivity index (χ3n) is 2.44. The van der Waals surface area contributed by atoms with Gasteiger partial charge < -0.3 is 10.8 Å². The third kappa shape index (κ3) is 5.45. The Bertz CT molecular complexity index is 427. The standard InChI is InChI=1S/C11H18N4O3S2/c1-2-19-4-3-7(12)9(16)11(18)15-14-10(17)8-5-20-6-13-8/h5-7,9,16H,2-4,12H2,1H3,(H,14,17)(H,15,18)/t7-,9?/m1/s1. The van der Waals surface area contributed by atoms with E-state index < -0.39 is 24.0 Å². The van der Waals surface area contributed by atoms with Crippen molar-refractivity contribution in [3.8, 4) is 0 Å². The molecule has 0 aliphatic heterocycles. The Morgan fingerprint density at radius 3 is 2.90 bits per heavy atom. The van der Waals surface area contributed by atoms with Crippen molar-refractivity contribution in [3.05, 3.63) is 16.6 Å². The van der Waals surface area contributed by atoms with Crippen molar-refractivity contribution in [2.45, 2.75) is 25.5 Å². The highest BCUT2D eigenvalue weighted by atomic mass is 32.2. The fourth-order valence-electron chi connectivity index (χ4n) is 1.30. The summed E-state index contributed by atoms with van der Waals surface area (Å²) in [5.74, 6) is 0.454. The molecule has 0 aliphatic rings. The molecule has 0 fully saturated rings. The summed E-state index contributed by atoms with van der Waals surface area (Å²) in [7, 11) is 0. The Balaban J connectivity index is 2.32. The molecule has 5 N–H and O–H groups in total. The number of hydrazine groups is 1. The lowest BCUT2D eigenvalue weighted by Crippen LogP contribution is -2.52. The SMILES string of the molecule is CCSCC[C@@H](N)C(O)C(=O)NNC(=O)c1cscn1. The largest absolute Gasteiger partial charge is 0.382 e. The molecule has 0 aromatic carbocycles. The Hall–Kier alpha value is -1.16. The van der Waals surface area contributed by atoms with E-state index in [1.165, 1.54) is 16.8 Å². The van der Waals surface area contributed by atoms with Gasteiger partial charge in [0.05, 0.1) is 5.51 Å². The first-order valence-electron chi connectivity index (χ1n) is 6.06. The van der Waals surface area contributed by atoms with E-state index in [1.54, 1.807) is 17.1 Å². The highest BCUT2D eigenvalue weighted by Gasteiger charge is 2.23. The number of aliphatic hydroxyl groups excluding tert-OH is 1. The minimum Gasteiger partial charge on any atom is -0.382 e. The van der Waals surface area contributed by atoms with Crippen LogP contribution >= 0.6 is 23.1 Å². The summed E-state index contributed by atoms with van der Waals surface area (Å²) in [5.41, 5.74) is 11.7. The van der Waals surface area contributed by atoms with E-state index in [0.717, 1.165) is 11.5 Å². The number of nitrogens with one attached hydrogen (secondary N) is 2. The molecule has 20 heavy (non-hydrogen) atoms. The Morgan fingerprint density at radius 2 is 2.30 bits per heavy atom. The molecule has 1 rings (SSSR count). The van der Waals surface area contributed by atoms with Crippen molar-refractivity contribution in [1.82, 2.24) is 15.8 Å². The van der Waals surface area contributed by atoms with E-state index in [0.29, 0.717) is 6.42 Å².